The Hall–Kier alpha value is -2.91. The van der Waals surface area contributed by atoms with Crippen molar-refractivity contribution in [3.63, 3.8) is 0 Å². The maximum atomic E-state index is 13.5. The number of fused-ring (bicyclic) bond motifs is 2. The van der Waals surface area contributed by atoms with E-state index in [0.717, 1.165) is 36.2 Å². The molecule has 0 fully saturated rings. The molecule has 3 aromatic rings. The maximum absolute atomic E-state index is 13.5. The third kappa shape index (κ3) is 4.31. The molecule has 1 aliphatic carbocycles. The Balaban J connectivity index is 1.53. The molecular weight excluding hydrogens is 621 g/mol. The van der Waals surface area contributed by atoms with Crippen molar-refractivity contribution >= 4 is 56.0 Å². The van der Waals surface area contributed by atoms with Gasteiger partial charge in [-0.15, -0.1) is 0 Å². The van der Waals surface area contributed by atoms with Crippen LogP contribution in [0.1, 0.15) is 39.9 Å². The molecule has 0 aromatic heterocycles. The van der Waals surface area contributed by atoms with Crippen molar-refractivity contribution in [1.29, 1.82) is 0 Å². The van der Waals surface area contributed by atoms with Gasteiger partial charge in [-0.1, -0.05) is 58.4 Å². The number of benzene rings is 3. The second kappa shape index (κ2) is 9.62. The number of Topliss-reactive ketones (excluding diaryl/α,β-unsaturated/α-hetero) is 1. The monoisotopic (exact) mass is 641 g/mol. The van der Waals surface area contributed by atoms with Crippen LogP contribution in [0.4, 0.5) is 0 Å². The first-order valence-corrected chi connectivity index (χ1v) is 12.9. The number of ether oxygens (including phenoxy) is 2. The maximum Gasteiger partial charge on any atom is 0.336 e. The van der Waals surface area contributed by atoms with Gasteiger partial charge in [-0.25, -0.2) is 4.79 Å². The molecule has 1 heterocycles. The van der Waals surface area contributed by atoms with Gasteiger partial charge in [0.15, 0.2) is 5.78 Å². The number of dihydropyridines is 1. The van der Waals surface area contributed by atoms with Gasteiger partial charge in [0.05, 0.1) is 22.0 Å². The summed E-state index contributed by atoms with van der Waals surface area (Å²) in [4.78, 5) is 26.4. The van der Waals surface area contributed by atoms with Crippen LogP contribution < -0.4 is 10.1 Å². The van der Waals surface area contributed by atoms with Crippen LogP contribution in [0.5, 0.6) is 5.75 Å². The van der Waals surface area contributed by atoms with Gasteiger partial charge in [0, 0.05) is 32.8 Å². The van der Waals surface area contributed by atoms with E-state index in [0.29, 0.717) is 29.0 Å². The van der Waals surface area contributed by atoms with Gasteiger partial charge in [-0.3, -0.25) is 4.79 Å². The van der Waals surface area contributed by atoms with Gasteiger partial charge in [0.2, 0.25) is 0 Å². The van der Waals surface area contributed by atoms with Crippen LogP contribution in [0.2, 0.25) is 0 Å². The predicted octanol–water partition coefficient (Wildman–Crippen LogP) is 6.37. The van der Waals surface area contributed by atoms with Gasteiger partial charge in [0.1, 0.15) is 12.4 Å². The Morgan fingerprint density at radius 3 is 2.46 bits per heavy atom. The lowest BCUT2D eigenvalue weighted by Gasteiger charge is -2.29. The summed E-state index contributed by atoms with van der Waals surface area (Å²) in [6.07, 6.45) is 0. The summed E-state index contributed by atoms with van der Waals surface area (Å²) in [7, 11) is 1.36. The molecule has 0 radical (unpaired) electrons. The summed E-state index contributed by atoms with van der Waals surface area (Å²) < 4.78 is 13.1. The van der Waals surface area contributed by atoms with Crippen LogP contribution >= 0.6 is 38.5 Å². The second-order valence-corrected chi connectivity index (χ2v) is 10.4. The molecule has 2 aliphatic rings. The predicted molar refractivity (Wildman–Crippen MR) is 146 cm³/mol. The van der Waals surface area contributed by atoms with Crippen molar-refractivity contribution in [2.24, 2.45) is 0 Å². The molecule has 0 unspecified atom stereocenters. The average molecular weight is 642 g/mol. The van der Waals surface area contributed by atoms with Crippen molar-refractivity contribution in [2.45, 2.75) is 19.4 Å². The van der Waals surface area contributed by atoms with Crippen LogP contribution in [0.25, 0.3) is 5.70 Å². The Kier molecular flexibility index (Phi) is 6.55. The van der Waals surface area contributed by atoms with Gasteiger partial charge < -0.3 is 14.8 Å². The summed E-state index contributed by atoms with van der Waals surface area (Å²) in [6, 6.07) is 21.3. The lowest BCUT2D eigenvalue weighted by atomic mass is 9.80. The highest BCUT2D eigenvalue weighted by Gasteiger charge is 2.42. The zero-order valence-corrected chi connectivity index (χ0v) is 22.8. The van der Waals surface area contributed by atoms with Crippen LogP contribution in [-0.4, -0.2) is 18.9 Å². The summed E-state index contributed by atoms with van der Waals surface area (Å²) in [6.45, 7) is 2.28. The highest BCUT2D eigenvalue weighted by molar-refractivity contribution is 14.1. The van der Waals surface area contributed by atoms with E-state index in [1.807, 2.05) is 73.7 Å². The van der Waals surface area contributed by atoms with Crippen LogP contribution in [0.3, 0.4) is 0 Å². The van der Waals surface area contributed by atoms with Gasteiger partial charge in [0.25, 0.3) is 0 Å². The minimum Gasteiger partial charge on any atom is -0.488 e. The number of nitrogens with one attached hydrogen (secondary N) is 1. The van der Waals surface area contributed by atoms with Gasteiger partial charge in [-0.2, -0.15) is 0 Å². The average Bonchev–Trinajstić information content (AvgIpc) is 3.14. The molecule has 0 saturated heterocycles. The first kappa shape index (κ1) is 23.8. The topological polar surface area (TPSA) is 64.6 Å². The van der Waals surface area contributed by atoms with Gasteiger partial charge >= 0.3 is 5.97 Å². The summed E-state index contributed by atoms with van der Waals surface area (Å²) >= 11 is 5.68. The zero-order chi connectivity index (χ0) is 24.7. The lowest BCUT2D eigenvalue weighted by Crippen LogP contribution is -2.29. The van der Waals surface area contributed by atoms with E-state index in [1.54, 1.807) is 0 Å². The molecule has 0 amide bonds. The van der Waals surface area contributed by atoms with Crippen molar-refractivity contribution < 1.29 is 19.1 Å². The first-order chi connectivity index (χ1) is 16.9. The van der Waals surface area contributed by atoms with E-state index in [-0.39, 0.29) is 5.78 Å². The molecule has 35 heavy (non-hydrogen) atoms. The quantitative estimate of drug-likeness (QED) is 0.259. The number of methoxy groups -OCH3 is 1. The molecule has 1 atom stereocenters. The highest BCUT2D eigenvalue weighted by Crippen LogP contribution is 2.47. The fraction of sp³-hybridized carbons (Fsp3) is 0.143. The third-order valence-corrected chi connectivity index (χ3v) is 7.62. The molecule has 1 aliphatic heterocycles. The Morgan fingerprint density at radius 2 is 1.77 bits per heavy atom. The van der Waals surface area contributed by atoms with Crippen molar-refractivity contribution in [2.75, 3.05) is 7.11 Å². The Bertz CT molecular complexity index is 1430. The number of carbonyl (C=O) groups is 2. The van der Waals surface area contributed by atoms with Crippen LogP contribution in [0, 0.1) is 3.57 Å². The molecule has 176 valence electrons. The molecule has 1 N–H and O–H groups in total. The van der Waals surface area contributed by atoms with Crippen molar-refractivity contribution in [3.05, 3.63) is 114 Å². The van der Waals surface area contributed by atoms with E-state index < -0.39 is 11.9 Å². The second-order valence-electron chi connectivity index (χ2n) is 8.36. The molecule has 5 nitrogen and oxygen atoms in total. The van der Waals surface area contributed by atoms with Crippen molar-refractivity contribution in [3.8, 4) is 5.75 Å². The standard InChI is InChI=1S/C28H21BrINO4/c1-15-23(28(33)34-2)24(25-26(31-15)19-5-3-4-6-20(19)27(25)32)17-9-12-22(21(30)13-17)35-14-16-7-10-18(29)11-8-16/h3-13,24,31H,14H2,1-2H3/t24-/m1/s1. The fourth-order valence-corrected chi connectivity index (χ4v) is 5.56. The number of allylic oxidation sites excluding steroid dienone is 2. The van der Waals surface area contributed by atoms with Crippen molar-refractivity contribution in [1.82, 2.24) is 5.32 Å². The van der Waals surface area contributed by atoms with E-state index >= 15 is 0 Å². The number of rotatable bonds is 5. The van der Waals surface area contributed by atoms with Crippen LogP contribution in [0.15, 0.2) is 88.0 Å². The molecule has 7 heteroatoms. The SMILES string of the molecule is COC(=O)C1=C(C)NC2=C(C(=O)c3ccccc32)[C@@H]1c1ccc(OCc2ccc(Br)cc2)c(I)c1. The number of ketones is 1. The highest BCUT2D eigenvalue weighted by atomic mass is 127. The molecule has 0 bridgehead atoms. The summed E-state index contributed by atoms with van der Waals surface area (Å²) in [5, 5.41) is 3.31. The molecule has 5 rings (SSSR count). The number of hydrogen-bond donors (Lipinski definition) is 1. The Labute approximate surface area is 225 Å². The molecule has 0 saturated carbocycles. The zero-order valence-electron chi connectivity index (χ0n) is 19.0. The minimum absolute atomic E-state index is 0.0763. The van der Waals surface area contributed by atoms with Gasteiger partial charge in [-0.05, 0) is 64.9 Å². The van der Waals surface area contributed by atoms with E-state index in [1.165, 1.54) is 7.11 Å². The third-order valence-electron chi connectivity index (χ3n) is 6.25. The number of esters is 1. The number of carbonyl (C=O) groups excluding carboxylic acids is 2. The van der Waals surface area contributed by atoms with Crippen LogP contribution in [-0.2, 0) is 16.1 Å². The van der Waals surface area contributed by atoms with E-state index in [2.05, 4.69) is 43.8 Å². The van der Waals surface area contributed by atoms with E-state index in [9.17, 15) is 9.59 Å². The smallest absolute Gasteiger partial charge is 0.336 e. The fourth-order valence-electron chi connectivity index (χ4n) is 4.60. The van der Waals surface area contributed by atoms with E-state index in [4.69, 9.17) is 9.47 Å². The number of halogens is 2. The summed E-state index contributed by atoms with van der Waals surface area (Å²) in [5.41, 5.74) is 5.82. The molecular formula is C28H21BrINO4. The minimum atomic E-state index is -0.548. The molecule has 0 spiro atoms. The lowest BCUT2D eigenvalue weighted by molar-refractivity contribution is -0.136. The largest absolute Gasteiger partial charge is 0.488 e. The number of hydrogen-bond acceptors (Lipinski definition) is 5. The molecule has 3 aromatic carbocycles. The Morgan fingerprint density at radius 1 is 1.06 bits per heavy atom. The normalized spacial score (nSPS) is 16.6. The first-order valence-electron chi connectivity index (χ1n) is 11.0. The summed E-state index contributed by atoms with van der Waals surface area (Å²) in [5.74, 6) is -0.345.